The van der Waals surface area contributed by atoms with Gasteiger partial charge in [0.1, 0.15) is 12.4 Å². The predicted molar refractivity (Wildman–Crippen MR) is 118 cm³/mol. The Bertz CT molecular complexity index is 876. The van der Waals surface area contributed by atoms with E-state index in [1.54, 1.807) is 0 Å². The average Bonchev–Trinajstić information content (AvgIpc) is 2.77. The summed E-state index contributed by atoms with van der Waals surface area (Å²) in [7, 11) is 0. The molecule has 0 fully saturated rings. The van der Waals surface area contributed by atoms with Crippen molar-refractivity contribution < 1.29 is 9.53 Å². The van der Waals surface area contributed by atoms with Crippen LogP contribution in [0.2, 0.25) is 0 Å². The molecule has 0 radical (unpaired) electrons. The molecule has 0 bridgehead atoms. The first-order valence-corrected chi connectivity index (χ1v) is 10.2. The number of rotatable bonds is 10. The number of carbonyl (C=O) groups is 1. The molecule has 0 spiro atoms. The lowest BCUT2D eigenvalue weighted by molar-refractivity contribution is 0.0944. The zero-order chi connectivity index (χ0) is 20.5. The maximum atomic E-state index is 12.7. The van der Waals surface area contributed by atoms with E-state index in [2.05, 4.69) is 36.5 Å². The molecule has 3 nitrogen and oxygen atoms in total. The van der Waals surface area contributed by atoms with Crippen LogP contribution in [0.5, 0.6) is 5.75 Å². The van der Waals surface area contributed by atoms with Gasteiger partial charge in [-0.05, 0) is 62.1 Å². The molecule has 0 aliphatic carbocycles. The van der Waals surface area contributed by atoms with E-state index in [1.807, 2.05) is 67.6 Å². The molecule has 3 heteroatoms. The van der Waals surface area contributed by atoms with E-state index in [0.29, 0.717) is 12.2 Å². The summed E-state index contributed by atoms with van der Waals surface area (Å²) < 4.78 is 5.80. The van der Waals surface area contributed by atoms with Crippen molar-refractivity contribution >= 4 is 5.78 Å². The molecule has 0 aromatic heterocycles. The molecule has 29 heavy (non-hydrogen) atoms. The Balaban J connectivity index is 1.47. The van der Waals surface area contributed by atoms with Gasteiger partial charge in [-0.3, -0.25) is 4.79 Å². The normalized spacial score (nSPS) is 12.9. The van der Waals surface area contributed by atoms with E-state index in [-0.39, 0.29) is 17.9 Å². The molecule has 150 valence electrons. The zero-order valence-electron chi connectivity index (χ0n) is 17.2. The summed E-state index contributed by atoms with van der Waals surface area (Å²) in [4.78, 5) is 12.7. The standard InChI is InChI=1S/C26H29NO2/c1-20(13-14-22-9-5-3-6-10-22)27-21(2)26(28)24-15-17-25(18-16-24)29-19-23-11-7-4-8-12-23/h3-12,15-18,20-21,27H,13-14,19H2,1-2H3. The van der Waals surface area contributed by atoms with Gasteiger partial charge in [0, 0.05) is 11.6 Å². The highest BCUT2D eigenvalue weighted by Gasteiger charge is 2.17. The lowest BCUT2D eigenvalue weighted by atomic mass is 10.0. The molecule has 3 rings (SSSR count). The van der Waals surface area contributed by atoms with Gasteiger partial charge in [-0.1, -0.05) is 60.7 Å². The Kier molecular flexibility index (Phi) is 7.60. The molecule has 2 unspecified atom stereocenters. The van der Waals surface area contributed by atoms with Crippen LogP contribution in [0.25, 0.3) is 0 Å². The number of hydrogen-bond acceptors (Lipinski definition) is 3. The third-order valence-electron chi connectivity index (χ3n) is 5.02. The Hall–Kier alpha value is -2.91. The number of ketones is 1. The fraction of sp³-hybridized carbons (Fsp3) is 0.269. The maximum Gasteiger partial charge on any atom is 0.179 e. The van der Waals surface area contributed by atoms with Gasteiger partial charge in [-0.2, -0.15) is 0 Å². The van der Waals surface area contributed by atoms with Crippen molar-refractivity contribution in [1.82, 2.24) is 5.32 Å². The highest BCUT2D eigenvalue weighted by Crippen LogP contribution is 2.16. The first kappa shape index (κ1) is 20.8. The predicted octanol–water partition coefficient (Wildman–Crippen LogP) is 5.45. The molecule has 0 aliphatic rings. The topological polar surface area (TPSA) is 38.3 Å². The van der Waals surface area contributed by atoms with Gasteiger partial charge < -0.3 is 10.1 Å². The summed E-state index contributed by atoms with van der Waals surface area (Å²) >= 11 is 0. The summed E-state index contributed by atoms with van der Waals surface area (Å²) in [6, 6.07) is 27.9. The number of benzene rings is 3. The van der Waals surface area contributed by atoms with E-state index in [0.717, 1.165) is 24.2 Å². The quantitative estimate of drug-likeness (QED) is 0.470. The van der Waals surface area contributed by atoms with Crippen LogP contribution in [0, 0.1) is 0 Å². The van der Waals surface area contributed by atoms with Crippen molar-refractivity contribution in [3.8, 4) is 5.75 Å². The molecule has 0 amide bonds. The van der Waals surface area contributed by atoms with Gasteiger partial charge in [-0.15, -0.1) is 0 Å². The first-order chi connectivity index (χ1) is 14.1. The minimum atomic E-state index is -0.225. The molecule has 0 aliphatic heterocycles. The van der Waals surface area contributed by atoms with Crippen LogP contribution < -0.4 is 10.1 Å². The first-order valence-electron chi connectivity index (χ1n) is 10.2. The zero-order valence-corrected chi connectivity index (χ0v) is 17.2. The molecule has 0 saturated carbocycles. The van der Waals surface area contributed by atoms with Crippen LogP contribution >= 0.6 is 0 Å². The summed E-state index contributed by atoms with van der Waals surface area (Å²) in [5.41, 5.74) is 3.15. The summed E-state index contributed by atoms with van der Waals surface area (Å²) in [6.07, 6.45) is 2.00. The fourth-order valence-electron chi connectivity index (χ4n) is 3.32. The van der Waals surface area contributed by atoms with Gasteiger partial charge in [0.05, 0.1) is 6.04 Å². The molecule has 3 aromatic carbocycles. The molecular formula is C26H29NO2. The largest absolute Gasteiger partial charge is 0.489 e. The fourth-order valence-corrected chi connectivity index (χ4v) is 3.32. The second-order valence-electron chi connectivity index (χ2n) is 7.48. The smallest absolute Gasteiger partial charge is 0.179 e. The van der Waals surface area contributed by atoms with Crippen LogP contribution in [0.3, 0.4) is 0 Å². The summed E-state index contributed by atoms with van der Waals surface area (Å²) in [6.45, 7) is 4.58. The Morgan fingerprint density at radius 3 is 2.03 bits per heavy atom. The molecule has 0 heterocycles. The van der Waals surface area contributed by atoms with Crippen molar-refractivity contribution in [1.29, 1.82) is 0 Å². The minimum absolute atomic E-state index is 0.103. The number of carbonyl (C=O) groups excluding carboxylic acids is 1. The minimum Gasteiger partial charge on any atom is -0.489 e. The average molecular weight is 388 g/mol. The molecule has 0 saturated heterocycles. The summed E-state index contributed by atoms with van der Waals surface area (Å²) in [5, 5.41) is 3.43. The van der Waals surface area contributed by atoms with Crippen molar-refractivity contribution in [2.45, 2.75) is 45.4 Å². The number of hydrogen-bond donors (Lipinski definition) is 1. The second-order valence-corrected chi connectivity index (χ2v) is 7.48. The highest BCUT2D eigenvalue weighted by molar-refractivity contribution is 5.99. The van der Waals surface area contributed by atoms with Gasteiger partial charge in [0.25, 0.3) is 0 Å². The number of nitrogens with one attached hydrogen (secondary N) is 1. The maximum absolute atomic E-state index is 12.7. The van der Waals surface area contributed by atoms with Gasteiger partial charge in [0.2, 0.25) is 0 Å². The van der Waals surface area contributed by atoms with Crippen LogP contribution in [0.15, 0.2) is 84.9 Å². The lowest BCUT2D eigenvalue weighted by Crippen LogP contribution is -2.40. The third-order valence-corrected chi connectivity index (χ3v) is 5.02. The van der Waals surface area contributed by atoms with E-state index in [9.17, 15) is 4.79 Å². The van der Waals surface area contributed by atoms with E-state index in [4.69, 9.17) is 4.74 Å². The summed E-state index contributed by atoms with van der Waals surface area (Å²) in [5.74, 6) is 0.869. The van der Waals surface area contributed by atoms with Crippen molar-refractivity contribution in [3.05, 3.63) is 102 Å². The third kappa shape index (κ3) is 6.58. The lowest BCUT2D eigenvalue weighted by Gasteiger charge is -2.19. The Morgan fingerprint density at radius 2 is 1.41 bits per heavy atom. The van der Waals surface area contributed by atoms with Crippen LogP contribution in [-0.2, 0) is 13.0 Å². The Labute approximate surface area is 173 Å². The monoisotopic (exact) mass is 387 g/mol. The van der Waals surface area contributed by atoms with Crippen LogP contribution in [0.4, 0.5) is 0 Å². The number of Topliss-reactive ketones (excluding diaryl/α,β-unsaturated/α-hetero) is 1. The van der Waals surface area contributed by atoms with Gasteiger partial charge in [-0.25, -0.2) is 0 Å². The highest BCUT2D eigenvalue weighted by atomic mass is 16.5. The van der Waals surface area contributed by atoms with Crippen LogP contribution in [0.1, 0.15) is 41.8 Å². The second kappa shape index (κ2) is 10.6. The van der Waals surface area contributed by atoms with Crippen molar-refractivity contribution in [2.24, 2.45) is 0 Å². The van der Waals surface area contributed by atoms with Crippen molar-refractivity contribution in [2.75, 3.05) is 0 Å². The molecule has 3 aromatic rings. The molecule has 1 N–H and O–H groups in total. The van der Waals surface area contributed by atoms with E-state index < -0.39 is 0 Å². The number of aryl methyl sites for hydroxylation is 1. The Morgan fingerprint density at radius 1 is 0.828 bits per heavy atom. The van der Waals surface area contributed by atoms with E-state index in [1.165, 1.54) is 5.56 Å². The van der Waals surface area contributed by atoms with Gasteiger partial charge >= 0.3 is 0 Å². The number of ether oxygens (including phenoxy) is 1. The molecular weight excluding hydrogens is 358 g/mol. The van der Waals surface area contributed by atoms with E-state index >= 15 is 0 Å². The van der Waals surface area contributed by atoms with Gasteiger partial charge in [0.15, 0.2) is 5.78 Å². The van der Waals surface area contributed by atoms with Crippen molar-refractivity contribution in [3.63, 3.8) is 0 Å². The van der Waals surface area contributed by atoms with Crippen LogP contribution in [-0.4, -0.2) is 17.9 Å². The molecule has 2 atom stereocenters. The SMILES string of the molecule is CC(CCc1ccccc1)NC(C)C(=O)c1ccc(OCc2ccccc2)cc1.